The molecule has 1 saturated heterocycles. The maximum absolute atomic E-state index is 6.48. The Morgan fingerprint density at radius 1 is 0.720 bits per heavy atom. The number of rotatable bonds is 2. The highest BCUT2D eigenvalue weighted by atomic mass is 79.9. The maximum atomic E-state index is 6.48. The van der Waals surface area contributed by atoms with Crippen LogP contribution in [0.15, 0.2) is 105 Å². The first-order chi connectivity index (χ1) is 24.0. The van der Waals surface area contributed by atoms with Gasteiger partial charge in [-0.1, -0.05) is 61.4 Å². The van der Waals surface area contributed by atoms with Crippen LogP contribution >= 0.6 is 31.9 Å². The number of fused-ring (bicyclic) bond motifs is 8. The Morgan fingerprint density at radius 2 is 1.40 bits per heavy atom. The van der Waals surface area contributed by atoms with Crippen molar-refractivity contribution in [2.45, 2.75) is 77.4 Å². The molecule has 10 rings (SSSR count). The van der Waals surface area contributed by atoms with Crippen molar-refractivity contribution in [2.75, 3.05) is 0 Å². The lowest BCUT2D eigenvalue weighted by atomic mass is 9.78. The van der Waals surface area contributed by atoms with Gasteiger partial charge in [-0.2, -0.15) is 0 Å². The van der Waals surface area contributed by atoms with Crippen molar-refractivity contribution in [1.29, 1.82) is 0 Å². The summed E-state index contributed by atoms with van der Waals surface area (Å²) in [5, 5.41) is 4.49. The number of benzene rings is 4. The van der Waals surface area contributed by atoms with E-state index in [1.54, 1.807) is 0 Å². The second-order valence-electron chi connectivity index (χ2n) is 15.4. The third-order valence-electron chi connectivity index (χ3n) is 11.8. The lowest BCUT2D eigenvalue weighted by molar-refractivity contribution is 0.00578. The predicted molar refractivity (Wildman–Crippen MR) is 212 cm³/mol. The van der Waals surface area contributed by atoms with Gasteiger partial charge in [-0.3, -0.25) is 0 Å². The first-order valence-corrected chi connectivity index (χ1v) is 19.2. The Hall–Kier alpha value is -3.43. The molecule has 0 atom stereocenters. The van der Waals surface area contributed by atoms with Crippen molar-refractivity contribution in [3.8, 4) is 5.69 Å². The van der Waals surface area contributed by atoms with E-state index in [-0.39, 0.29) is 0 Å². The summed E-state index contributed by atoms with van der Waals surface area (Å²) in [6, 6.07) is 29.6. The molecule has 8 heteroatoms. The first kappa shape index (κ1) is 32.5. The molecule has 2 fully saturated rings. The molecule has 50 heavy (non-hydrogen) atoms. The van der Waals surface area contributed by atoms with Gasteiger partial charge in [0.15, 0.2) is 0 Å². The molecule has 4 heterocycles. The van der Waals surface area contributed by atoms with Gasteiger partial charge in [-0.15, -0.1) is 0 Å². The summed E-state index contributed by atoms with van der Waals surface area (Å²) in [7, 11) is -0.422. The molecule has 0 bridgehead atoms. The largest absolute Gasteiger partial charge is 0.494 e. The van der Waals surface area contributed by atoms with Crippen LogP contribution in [-0.2, 0) is 22.2 Å². The number of para-hydroxylation sites is 2. The Bertz CT molecular complexity index is 2390. The molecule has 3 aromatic heterocycles. The van der Waals surface area contributed by atoms with Gasteiger partial charge >= 0.3 is 7.12 Å². The van der Waals surface area contributed by atoms with E-state index in [0.29, 0.717) is 5.41 Å². The average Bonchev–Trinajstić information content (AvgIpc) is 3.92. The predicted octanol–water partition coefficient (Wildman–Crippen LogP) is 11.2. The summed E-state index contributed by atoms with van der Waals surface area (Å²) in [5.74, 6) is 0. The van der Waals surface area contributed by atoms with E-state index in [2.05, 4.69) is 136 Å². The monoisotopic (exact) mass is 788 g/mol. The van der Waals surface area contributed by atoms with Crippen LogP contribution in [0.1, 0.15) is 64.5 Å². The fraction of sp³-hybridized carbons (Fsp3) is 0.310. The van der Waals surface area contributed by atoms with Gasteiger partial charge in [0.25, 0.3) is 0 Å². The third-order valence-corrected chi connectivity index (χ3v) is 13.2. The van der Waals surface area contributed by atoms with Crippen molar-refractivity contribution in [3.05, 3.63) is 111 Å². The zero-order valence-corrected chi connectivity index (χ0v) is 32.0. The smallest absolute Gasteiger partial charge is 0.455 e. The Kier molecular flexibility index (Phi) is 7.67. The molecule has 0 amide bonds. The zero-order valence-electron chi connectivity index (χ0n) is 28.9. The lowest BCUT2D eigenvalue weighted by Crippen LogP contribution is -2.41. The number of hydrogen-bond donors (Lipinski definition) is 0. The van der Waals surface area contributed by atoms with Gasteiger partial charge in [0, 0.05) is 32.5 Å². The van der Waals surface area contributed by atoms with E-state index in [1.807, 2.05) is 24.4 Å². The van der Waals surface area contributed by atoms with E-state index < -0.39 is 18.3 Å². The molecule has 0 unspecified atom stereocenters. The van der Waals surface area contributed by atoms with Crippen LogP contribution < -0.4 is 5.46 Å². The van der Waals surface area contributed by atoms with Crippen LogP contribution in [0.2, 0.25) is 0 Å². The average molecular weight is 790 g/mol. The summed E-state index contributed by atoms with van der Waals surface area (Å²) in [6.07, 6.45) is 10.0. The number of furan rings is 1. The molecule has 7 aromatic rings. The highest BCUT2D eigenvalue weighted by Crippen LogP contribution is 2.51. The molecule has 252 valence electrons. The fourth-order valence-corrected chi connectivity index (χ4v) is 9.45. The van der Waals surface area contributed by atoms with Crippen molar-refractivity contribution >= 4 is 88.2 Å². The first-order valence-electron chi connectivity index (χ1n) is 17.7. The van der Waals surface area contributed by atoms with Gasteiger partial charge in [0.2, 0.25) is 0 Å². The molecule has 4 aromatic carbocycles. The van der Waals surface area contributed by atoms with Gasteiger partial charge < -0.3 is 18.3 Å². The highest BCUT2D eigenvalue weighted by Gasteiger charge is 2.51. The van der Waals surface area contributed by atoms with Crippen LogP contribution in [0, 0.1) is 5.41 Å². The van der Waals surface area contributed by atoms with Crippen molar-refractivity contribution in [3.63, 3.8) is 0 Å². The normalized spacial score (nSPS) is 18.8. The third kappa shape index (κ3) is 5.12. The Balaban J connectivity index is 0.000000187. The molecule has 3 aliphatic rings. The minimum atomic E-state index is -0.422. The minimum absolute atomic E-state index is 0.392. The van der Waals surface area contributed by atoms with E-state index in [0.717, 1.165) is 59.5 Å². The van der Waals surface area contributed by atoms with Crippen molar-refractivity contribution < 1.29 is 13.7 Å². The van der Waals surface area contributed by atoms with Gasteiger partial charge in [0.05, 0.1) is 27.6 Å². The van der Waals surface area contributed by atoms with Crippen LogP contribution in [0.4, 0.5) is 0 Å². The number of halogens is 2. The Labute approximate surface area is 309 Å². The maximum Gasteiger partial charge on any atom is 0.494 e. The second-order valence-corrected chi connectivity index (χ2v) is 17.0. The van der Waals surface area contributed by atoms with Crippen LogP contribution in [0.3, 0.4) is 0 Å². The fourth-order valence-electron chi connectivity index (χ4n) is 8.48. The van der Waals surface area contributed by atoms with E-state index in [4.69, 9.17) is 13.7 Å². The molecular weight excluding hydrogens is 751 g/mol. The SMILES string of the molecule is Brc1cnc(Br)c2c1CC1(CCCC1)C2.CC1(C)OB(c2ccc3c(c2)c2c4oc5ccccc5c4ccc2n3-c2ccccc2)OC1(C)C. The number of hydrogen-bond acceptors (Lipinski definition) is 4. The van der Waals surface area contributed by atoms with E-state index >= 15 is 0 Å². The quantitative estimate of drug-likeness (QED) is 0.129. The topological polar surface area (TPSA) is 49.4 Å². The van der Waals surface area contributed by atoms with Gasteiger partial charge in [0.1, 0.15) is 15.8 Å². The standard InChI is InChI=1S/C30H26BNO3.C12H13Br2N/c1-29(2)30(3,4)35-31(34-29)19-14-16-24-23(18-19)27-25(32(24)20-10-6-5-7-11-20)17-15-22-21-12-8-9-13-26(21)33-28(22)27;13-10-7-15-11(14)9-6-12(5-8(9)10)3-1-2-4-12/h5-18H,1-4H3;7H,1-6H2. The highest BCUT2D eigenvalue weighted by molar-refractivity contribution is 9.11. The molecule has 1 spiro atoms. The number of nitrogens with zero attached hydrogens (tertiary/aromatic N) is 2. The molecule has 0 radical (unpaired) electrons. The van der Waals surface area contributed by atoms with Crippen molar-refractivity contribution in [2.24, 2.45) is 5.41 Å². The molecule has 1 saturated carbocycles. The minimum Gasteiger partial charge on any atom is -0.455 e. The van der Waals surface area contributed by atoms with Gasteiger partial charge in [-0.25, -0.2) is 4.98 Å². The lowest BCUT2D eigenvalue weighted by Gasteiger charge is -2.32. The second kappa shape index (κ2) is 11.8. The Morgan fingerprint density at radius 3 is 2.14 bits per heavy atom. The van der Waals surface area contributed by atoms with Crippen LogP contribution in [0.25, 0.3) is 49.4 Å². The summed E-state index contributed by atoms with van der Waals surface area (Å²) in [6.45, 7) is 8.35. The van der Waals surface area contributed by atoms with E-state index in [9.17, 15) is 0 Å². The molecule has 1 aliphatic heterocycles. The van der Waals surface area contributed by atoms with E-state index in [1.165, 1.54) is 54.1 Å². The van der Waals surface area contributed by atoms with Crippen LogP contribution in [0.5, 0.6) is 0 Å². The van der Waals surface area contributed by atoms with Gasteiger partial charge in [-0.05, 0) is 144 Å². The molecule has 0 N–H and O–H groups in total. The zero-order chi connectivity index (χ0) is 34.4. The summed E-state index contributed by atoms with van der Waals surface area (Å²) in [5.41, 5.74) is 8.92. The summed E-state index contributed by atoms with van der Waals surface area (Å²) in [4.78, 5) is 4.37. The van der Waals surface area contributed by atoms with Crippen molar-refractivity contribution in [1.82, 2.24) is 9.55 Å². The van der Waals surface area contributed by atoms with Crippen LogP contribution in [-0.4, -0.2) is 27.9 Å². The molecule has 5 nitrogen and oxygen atoms in total. The number of pyridine rings is 1. The number of aromatic nitrogens is 2. The summed E-state index contributed by atoms with van der Waals surface area (Å²) < 4.78 is 23.8. The molecular formula is C42H39BBr2N2O3. The molecule has 2 aliphatic carbocycles. The summed E-state index contributed by atoms with van der Waals surface area (Å²) >= 11 is 7.21.